The Morgan fingerprint density at radius 3 is 2.54 bits per heavy atom. The van der Waals surface area contributed by atoms with Gasteiger partial charge in [-0.1, -0.05) is 36.2 Å². The Labute approximate surface area is 171 Å². The number of sulfonamides is 1. The van der Waals surface area contributed by atoms with Gasteiger partial charge in [0, 0.05) is 23.3 Å². The van der Waals surface area contributed by atoms with Gasteiger partial charge in [0.15, 0.2) is 0 Å². The Balaban J connectivity index is 1.68. The van der Waals surface area contributed by atoms with Crippen molar-refractivity contribution in [1.29, 1.82) is 0 Å². The molecular weight excluding hydrogens is 396 g/mol. The number of anilines is 1. The maximum atomic E-state index is 13.5. The van der Waals surface area contributed by atoms with Crippen molar-refractivity contribution in [3.63, 3.8) is 0 Å². The van der Waals surface area contributed by atoms with Gasteiger partial charge in [0.25, 0.3) is 0 Å². The average Bonchev–Trinajstić information content (AvgIpc) is 3.03. The van der Waals surface area contributed by atoms with Gasteiger partial charge in [0.05, 0.1) is 4.90 Å². The molecule has 4 rings (SSSR count). The lowest BCUT2D eigenvalue weighted by Crippen LogP contribution is -2.54. The third-order valence-electron chi connectivity index (χ3n) is 5.60. The molecule has 2 heterocycles. The van der Waals surface area contributed by atoms with Gasteiger partial charge in [-0.15, -0.1) is 0 Å². The van der Waals surface area contributed by atoms with Crippen molar-refractivity contribution in [3.05, 3.63) is 59.1 Å². The van der Waals surface area contributed by atoms with Crippen LogP contribution in [0.15, 0.2) is 53.4 Å². The van der Waals surface area contributed by atoms with E-state index in [1.807, 2.05) is 31.2 Å². The monoisotopic (exact) mass is 418 g/mol. The molecule has 148 valence electrons. The molecule has 1 fully saturated rings. The molecule has 1 amide bonds. The van der Waals surface area contributed by atoms with Gasteiger partial charge >= 0.3 is 0 Å². The van der Waals surface area contributed by atoms with Crippen LogP contribution in [-0.2, 0) is 21.2 Å². The summed E-state index contributed by atoms with van der Waals surface area (Å²) < 4.78 is 27.9. The fourth-order valence-electron chi connectivity index (χ4n) is 4.24. The van der Waals surface area contributed by atoms with E-state index in [1.165, 1.54) is 16.4 Å². The Bertz CT molecular complexity index is 991. The zero-order valence-corrected chi connectivity index (χ0v) is 17.3. The Morgan fingerprint density at radius 2 is 1.79 bits per heavy atom. The summed E-state index contributed by atoms with van der Waals surface area (Å²) in [6, 6.07) is 13.3. The van der Waals surface area contributed by atoms with Crippen LogP contribution >= 0.6 is 11.6 Å². The molecule has 1 saturated heterocycles. The highest BCUT2D eigenvalue weighted by molar-refractivity contribution is 7.89. The van der Waals surface area contributed by atoms with E-state index in [1.54, 1.807) is 17.0 Å². The summed E-state index contributed by atoms with van der Waals surface area (Å²) in [7, 11) is -3.77. The Morgan fingerprint density at radius 1 is 1.07 bits per heavy atom. The first-order chi connectivity index (χ1) is 13.4. The van der Waals surface area contributed by atoms with Gasteiger partial charge in [-0.2, -0.15) is 4.31 Å². The first-order valence-electron chi connectivity index (χ1n) is 9.58. The second kappa shape index (κ2) is 7.50. The topological polar surface area (TPSA) is 57.7 Å². The minimum atomic E-state index is -3.77. The van der Waals surface area contributed by atoms with Gasteiger partial charge in [-0.25, -0.2) is 8.42 Å². The number of hydrogen-bond donors (Lipinski definition) is 0. The number of halogens is 1. The molecule has 7 heteroatoms. The number of piperidine rings is 1. The predicted octanol–water partition coefficient (Wildman–Crippen LogP) is 3.86. The first-order valence-corrected chi connectivity index (χ1v) is 11.4. The molecule has 0 unspecified atom stereocenters. The highest BCUT2D eigenvalue weighted by Crippen LogP contribution is 2.35. The first kappa shape index (κ1) is 19.4. The van der Waals surface area contributed by atoms with E-state index in [9.17, 15) is 13.2 Å². The lowest BCUT2D eigenvalue weighted by molar-refractivity contribution is -0.123. The summed E-state index contributed by atoms with van der Waals surface area (Å²) in [5.74, 6) is -0.130. The van der Waals surface area contributed by atoms with Crippen molar-refractivity contribution in [2.24, 2.45) is 0 Å². The molecule has 0 spiro atoms. The number of para-hydroxylation sites is 1. The van der Waals surface area contributed by atoms with Crippen molar-refractivity contribution in [2.75, 3.05) is 11.4 Å². The van der Waals surface area contributed by atoms with E-state index in [-0.39, 0.29) is 16.8 Å². The number of fused-ring (bicyclic) bond motifs is 1. The Hall–Kier alpha value is -1.89. The van der Waals surface area contributed by atoms with E-state index < -0.39 is 16.1 Å². The molecule has 2 aromatic carbocycles. The highest BCUT2D eigenvalue weighted by Gasteiger charge is 2.42. The van der Waals surface area contributed by atoms with Gasteiger partial charge in [0.2, 0.25) is 15.9 Å². The van der Waals surface area contributed by atoms with Crippen molar-refractivity contribution >= 4 is 33.2 Å². The normalized spacial score (nSPS) is 22.9. The molecule has 5 nitrogen and oxygen atoms in total. The lowest BCUT2D eigenvalue weighted by Gasteiger charge is -2.37. The minimum absolute atomic E-state index is 0.0203. The van der Waals surface area contributed by atoms with Crippen LogP contribution < -0.4 is 4.90 Å². The van der Waals surface area contributed by atoms with Gasteiger partial charge in [0.1, 0.15) is 6.04 Å². The number of carbonyl (C=O) groups is 1. The van der Waals surface area contributed by atoms with Gasteiger partial charge in [-0.05, 0) is 62.1 Å². The highest BCUT2D eigenvalue weighted by atomic mass is 35.5. The molecule has 28 heavy (non-hydrogen) atoms. The average molecular weight is 419 g/mol. The molecule has 0 aliphatic carbocycles. The molecule has 2 aliphatic rings. The summed E-state index contributed by atoms with van der Waals surface area (Å²) in [6.45, 7) is 2.37. The van der Waals surface area contributed by atoms with E-state index in [2.05, 4.69) is 0 Å². The van der Waals surface area contributed by atoms with Crippen molar-refractivity contribution in [2.45, 2.75) is 49.6 Å². The van der Waals surface area contributed by atoms with Crippen LogP contribution in [-0.4, -0.2) is 37.3 Å². The van der Waals surface area contributed by atoms with Crippen molar-refractivity contribution in [3.8, 4) is 0 Å². The van der Waals surface area contributed by atoms with Crippen LogP contribution in [0.2, 0.25) is 5.02 Å². The Kier molecular flexibility index (Phi) is 5.21. The van der Waals surface area contributed by atoms with E-state index in [0.29, 0.717) is 18.0 Å². The largest absolute Gasteiger partial charge is 0.308 e. The summed E-state index contributed by atoms with van der Waals surface area (Å²) in [5, 5.41) is 0.479. The molecule has 2 aromatic rings. The molecular formula is C21H23ClN2O3S. The van der Waals surface area contributed by atoms with Crippen LogP contribution in [0.25, 0.3) is 0 Å². The fourth-order valence-corrected chi connectivity index (χ4v) is 6.02. The number of rotatable bonds is 3. The SMILES string of the molecule is C[C@@H]1Cc2ccccc2N1C(=O)[C@@H]1CCCCN1S(=O)(=O)c1ccc(Cl)cc1. The molecule has 0 N–H and O–H groups in total. The number of carbonyl (C=O) groups excluding carboxylic acids is 1. The van der Waals surface area contributed by atoms with Crippen molar-refractivity contribution in [1.82, 2.24) is 4.31 Å². The smallest absolute Gasteiger partial charge is 0.245 e. The molecule has 0 radical (unpaired) electrons. The second-order valence-corrected chi connectivity index (χ2v) is 9.80. The van der Waals surface area contributed by atoms with Gasteiger partial charge < -0.3 is 4.90 Å². The quantitative estimate of drug-likeness (QED) is 0.760. The summed E-state index contributed by atoms with van der Waals surface area (Å²) in [5.41, 5.74) is 2.03. The van der Waals surface area contributed by atoms with Crippen LogP contribution in [0.1, 0.15) is 31.7 Å². The van der Waals surface area contributed by atoms with Crippen LogP contribution in [0.3, 0.4) is 0 Å². The molecule has 2 aliphatic heterocycles. The maximum absolute atomic E-state index is 13.5. The van der Waals surface area contributed by atoms with Gasteiger partial charge in [-0.3, -0.25) is 4.79 Å². The molecule has 2 atom stereocenters. The lowest BCUT2D eigenvalue weighted by atomic mass is 10.0. The van der Waals surface area contributed by atoms with E-state index >= 15 is 0 Å². The minimum Gasteiger partial charge on any atom is -0.308 e. The molecule has 0 aromatic heterocycles. The van der Waals surface area contributed by atoms with Crippen LogP contribution in [0, 0.1) is 0 Å². The number of nitrogens with zero attached hydrogens (tertiary/aromatic N) is 2. The third kappa shape index (κ3) is 3.34. The second-order valence-electron chi connectivity index (χ2n) is 7.47. The standard InChI is InChI=1S/C21H23ClN2O3S/c1-15-14-16-6-2-3-7-19(16)24(15)21(25)20-8-4-5-13-23(20)28(26,27)18-11-9-17(22)10-12-18/h2-3,6-7,9-12,15,20H,4-5,8,13-14H2,1H3/t15-,20+/m1/s1. The third-order valence-corrected chi connectivity index (χ3v) is 7.78. The number of amides is 1. The zero-order chi connectivity index (χ0) is 19.9. The molecule has 0 saturated carbocycles. The van der Waals surface area contributed by atoms with E-state index in [0.717, 1.165) is 30.5 Å². The molecule has 0 bridgehead atoms. The van der Waals surface area contributed by atoms with Crippen LogP contribution in [0.5, 0.6) is 0 Å². The maximum Gasteiger partial charge on any atom is 0.245 e. The van der Waals surface area contributed by atoms with Crippen LogP contribution in [0.4, 0.5) is 5.69 Å². The fraction of sp³-hybridized carbons (Fsp3) is 0.381. The summed E-state index contributed by atoms with van der Waals surface area (Å²) in [6.07, 6.45) is 2.92. The van der Waals surface area contributed by atoms with Crippen molar-refractivity contribution < 1.29 is 13.2 Å². The summed E-state index contributed by atoms with van der Waals surface area (Å²) in [4.78, 5) is 15.5. The number of hydrogen-bond acceptors (Lipinski definition) is 3. The predicted molar refractivity (Wildman–Crippen MR) is 110 cm³/mol. The number of benzene rings is 2. The van der Waals surface area contributed by atoms with E-state index in [4.69, 9.17) is 11.6 Å². The summed E-state index contributed by atoms with van der Waals surface area (Å²) >= 11 is 5.91. The zero-order valence-electron chi connectivity index (χ0n) is 15.7.